The number of aryl methyl sites for hydroxylation is 1. The van der Waals surface area contributed by atoms with Crippen LogP contribution in [0.1, 0.15) is 5.56 Å². The molecule has 0 radical (unpaired) electrons. The van der Waals surface area contributed by atoms with Crippen LogP contribution >= 0.6 is 40.1 Å². The number of anilines is 2. The average molecular weight is 347 g/mol. The predicted octanol–water partition coefficient (Wildman–Crippen LogP) is 4.43. The molecule has 0 bridgehead atoms. The molecule has 96 valence electrons. The van der Waals surface area contributed by atoms with E-state index in [0.717, 1.165) is 26.7 Å². The minimum Gasteiger partial charge on any atom is -0.340 e. The molecule has 0 aliphatic carbocycles. The number of nitrogens with one attached hydrogen (secondary N) is 1. The number of benzene rings is 1. The zero-order valence-electron chi connectivity index (χ0n) is 9.98. The molecular formula is C12H13BrClN3S. The van der Waals surface area contributed by atoms with Crippen LogP contribution in [0, 0.1) is 6.92 Å². The van der Waals surface area contributed by atoms with Gasteiger partial charge in [-0.1, -0.05) is 27.7 Å². The van der Waals surface area contributed by atoms with Crippen LogP contribution in [0.3, 0.4) is 0 Å². The summed E-state index contributed by atoms with van der Waals surface area (Å²) in [6, 6.07) is 8.00. The van der Waals surface area contributed by atoms with Crippen LogP contribution in [-0.2, 0) is 0 Å². The maximum Gasteiger partial charge on any atom is 0.189 e. The highest BCUT2D eigenvalue weighted by Crippen LogP contribution is 2.21. The maximum atomic E-state index is 4.44. The second kappa shape index (κ2) is 6.97. The fraction of sp³-hybridized carbons (Fsp3) is 0.167. The Kier molecular flexibility index (Phi) is 5.91. The van der Waals surface area contributed by atoms with Gasteiger partial charge >= 0.3 is 0 Å². The Morgan fingerprint density at radius 2 is 1.89 bits per heavy atom. The number of hydrogen-bond donors (Lipinski definition) is 1. The lowest BCUT2D eigenvalue weighted by molar-refractivity contribution is 0.959. The van der Waals surface area contributed by atoms with Crippen LogP contribution in [0.25, 0.3) is 0 Å². The lowest BCUT2D eigenvalue weighted by Gasteiger charge is -2.09. The first-order chi connectivity index (χ1) is 8.19. The van der Waals surface area contributed by atoms with E-state index in [0.29, 0.717) is 0 Å². The van der Waals surface area contributed by atoms with Crippen LogP contribution in [0.15, 0.2) is 40.1 Å². The number of aromatic nitrogens is 2. The van der Waals surface area contributed by atoms with Gasteiger partial charge in [0.2, 0.25) is 0 Å². The van der Waals surface area contributed by atoms with Gasteiger partial charge in [0.15, 0.2) is 5.16 Å². The molecule has 0 aliphatic rings. The Bertz CT molecular complexity index is 519. The van der Waals surface area contributed by atoms with Gasteiger partial charge in [0, 0.05) is 21.9 Å². The zero-order valence-corrected chi connectivity index (χ0v) is 13.2. The van der Waals surface area contributed by atoms with E-state index in [1.807, 2.05) is 43.6 Å². The van der Waals surface area contributed by atoms with Gasteiger partial charge in [-0.2, -0.15) is 0 Å². The molecule has 6 heteroatoms. The van der Waals surface area contributed by atoms with Crippen molar-refractivity contribution < 1.29 is 0 Å². The van der Waals surface area contributed by atoms with Crippen molar-refractivity contribution in [2.24, 2.45) is 0 Å². The third-order valence-corrected chi connectivity index (χ3v) is 3.33. The highest BCUT2D eigenvalue weighted by Gasteiger charge is 2.03. The first kappa shape index (κ1) is 15.3. The minimum absolute atomic E-state index is 0. The van der Waals surface area contributed by atoms with Crippen molar-refractivity contribution in [2.45, 2.75) is 12.1 Å². The van der Waals surface area contributed by atoms with Gasteiger partial charge in [-0.25, -0.2) is 9.97 Å². The Balaban J connectivity index is 0.00000162. The van der Waals surface area contributed by atoms with E-state index in [-0.39, 0.29) is 12.4 Å². The molecule has 1 N–H and O–H groups in total. The fourth-order valence-electron chi connectivity index (χ4n) is 1.32. The molecule has 0 saturated heterocycles. The van der Waals surface area contributed by atoms with E-state index in [4.69, 9.17) is 0 Å². The van der Waals surface area contributed by atoms with Crippen molar-refractivity contribution in [3.8, 4) is 0 Å². The Hall–Kier alpha value is -0.780. The summed E-state index contributed by atoms with van der Waals surface area (Å²) < 4.78 is 1.06. The second-order valence-corrected chi connectivity index (χ2v) is 5.21. The molecule has 2 rings (SSSR count). The Labute approximate surface area is 125 Å². The molecule has 0 atom stereocenters. The summed E-state index contributed by atoms with van der Waals surface area (Å²) in [5, 5.41) is 4.06. The van der Waals surface area contributed by atoms with Gasteiger partial charge < -0.3 is 5.32 Å². The maximum absolute atomic E-state index is 4.44. The summed E-state index contributed by atoms with van der Waals surface area (Å²) in [6.45, 7) is 1.99. The number of rotatable bonds is 3. The predicted molar refractivity (Wildman–Crippen MR) is 83.2 cm³/mol. The molecule has 18 heavy (non-hydrogen) atoms. The van der Waals surface area contributed by atoms with Crippen molar-refractivity contribution >= 4 is 51.6 Å². The van der Waals surface area contributed by atoms with E-state index in [9.17, 15) is 0 Å². The van der Waals surface area contributed by atoms with Crippen molar-refractivity contribution in [1.29, 1.82) is 0 Å². The molecular weight excluding hydrogens is 334 g/mol. The van der Waals surface area contributed by atoms with E-state index in [1.165, 1.54) is 11.8 Å². The lowest BCUT2D eigenvalue weighted by Crippen LogP contribution is -1.98. The molecule has 2 aromatic rings. The third-order valence-electron chi connectivity index (χ3n) is 2.24. The number of halogens is 2. The van der Waals surface area contributed by atoms with Crippen molar-refractivity contribution in [3.05, 3.63) is 40.5 Å². The monoisotopic (exact) mass is 345 g/mol. The van der Waals surface area contributed by atoms with Crippen molar-refractivity contribution in [2.75, 3.05) is 11.6 Å². The molecule has 1 aromatic carbocycles. The SMILES string of the molecule is CSc1ncc(C)c(Nc2ccc(Br)cc2)n1.Cl. The summed E-state index contributed by atoms with van der Waals surface area (Å²) in [5.41, 5.74) is 2.05. The number of nitrogens with zero attached hydrogens (tertiary/aromatic N) is 2. The minimum atomic E-state index is 0. The van der Waals surface area contributed by atoms with E-state index in [2.05, 4.69) is 31.2 Å². The highest BCUT2D eigenvalue weighted by molar-refractivity contribution is 9.10. The number of thioether (sulfide) groups is 1. The van der Waals surface area contributed by atoms with Crippen LogP contribution in [0.5, 0.6) is 0 Å². The quantitative estimate of drug-likeness (QED) is 0.659. The molecule has 3 nitrogen and oxygen atoms in total. The summed E-state index contributed by atoms with van der Waals surface area (Å²) in [4.78, 5) is 8.66. The first-order valence-corrected chi connectivity index (χ1v) is 7.11. The summed E-state index contributed by atoms with van der Waals surface area (Å²) in [7, 11) is 0. The zero-order chi connectivity index (χ0) is 12.3. The first-order valence-electron chi connectivity index (χ1n) is 5.09. The highest BCUT2D eigenvalue weighted by atomic mass is 79.9. The van der Waals surface area contributed by atoms with Gasteiger partial charge in [-0.15, -0.1) is 12.4 Å². The molecule has 0 spiro atoms. The molecule has 0 saturated carbocycles. The van der Waals surface area contributed by atoms with Gasteiger partial charge in [0.25, 0.3) is 0 Å². The van der Waals surface area contributed by atoms with Gasteiger partial charge in [-0.3, -0.25) is 0 Å². The smallest absolute Gasteiger partial charge is 0.189 e. The largest absolute Gasteiger partial charge is 0.340 e. The van der Waals surface area contributed by atoms with E-state index < -0.39 is 0 Å². The van der Waals surface area contributed by atoms with Crippen LogP contribution in [0.4, 0.5) is 11.5 Å². The lowest BCUT2D eigenvalue weighted by atomic mass is 10.3. The normalized spacial score (nSPS) is 9.72. The van der Waals surface area contributed by atoms with Gasteiger partial charge in [0.1, 0.15) is 5.82 Å². The summed E-state index contributed by atoms with van der Waals surface area (Å²) in [5.74, 6) is 0.853. The van der Waals surface area contributed by atoms with Crippen LogP contribution < -0.4 is 5.32 Å². The number of hydrogen-bond acceptors (Lipinski definition) is 4. The standard InChI is InChI=1S/C12H12BrN3S.ClH/c1-8-7-14-12(17-2)16-11(8)15-10-5-3-9(13)4-6-10;/h3-7H,1-2H3,(H,14,15,16);1H. The topological polar surface area (TPSA) is 37.8 Å². The summed E-state index contributed by atoms with van der Waals surface area (Å²) in [6.07, 6.45) is 3.80. The van der Waals surface area contributed by atoms with Crippen LogP contribution in [0.2, 0.25) is 0 Å². The summed E-state index contributed by atoms with van der Waals surface area (Å²) >= 11 is 4.95. The molecule has 0 unspecified atom stereocenters. The molecule has 0 fully saturated rings. The molecule has 0 amide bonds. The third kappa shape index (κ3) is 3.86. The fourth-order valence-corrected chi connectivity index (χ4v) is 1.93. The van der Waals surface area contributed by atoms with Gasteiger partial charge in [-0.05, 0) is 37.4 Å². The van der Waals surface area contributed by atoms with Crippen LogP contribution in [-0.4, -0.2) is 16.2 Å². The van der Waals surface area contributed by atoms with Gasteiger partial charge in [0.05, 0.1) is 0 Å². The van der Waals surface area contributed by atoms with Crippen molar-refractivity contribution in [1.82, 2.24) is 9.97 Å². The molecule has 0 aliphatic heterocycles. The Morgan fingerprint density at radius 1 is 1.22 bits per heavy atom. The second-order valence-electron chi connectivity index (χ2n) is 3.52. The van der Waals surface area contributed by atoms with E-state index >= 15 is 0 Å². The van der Waals surface area contributed by atoms with E-state index in [1.54, 1.807) is 0 Å². The molecule has 1 heterocycles. The average Bonchev–Trinajstić information content (AvgIpc) is 2.35. The van der Waals surface area contributed by atoms with Crippen molar-refractivity contribution in [3.63, 3.8) is 0 Å². The molecule has 1 aromatic heterocycles. The Morgan fingerprint density at radius 3 is 2.50 bits per heavy atom.